The van der Waals surface area contributed by atoms with E-state index in [4.69, 9.17) is 0 Å². The molecular weight excluding hydrogens is 351 g/mol. The molecule has 0 spiro atoms. The monoisotopic (exact) mass is 354 g/mol. The number of hydrogen-bond acceptors (Lipinski definition) is 2. The molecule has 1 N–H and O–H groups in total. The van der Waals surface area contributed by atoms with Crippen molar-refractivity contribution >= 4 is 15.9 Å². The molecule has 0 aliphatic heterocycles. The number of alkyl halides is 3. The Morgan fingerprint density at radius 2 is 1.85 bits per heavy atom. The summed E-state index contributed by atoms with van der Waals surface area (Å²) in [5.74, 6) is -3.90. The van der Waals surface area contributed by atoms with Gasteiger partial charge < -0.3 is 4.98 Å². The summed E-state index contributed by atoms with van der Waals surface area (Å²) < 4.78 is 64.8. The fourth-order valence-electron chi connectivity index (χ4n) is 1.48. The minimum absolute atomic E-state index is 0.162. The van der Waals surface area contributed by atoms with Gasteiger partial charge in [0.2, 0.25) is 5.82 Å². The third-order valence-electron chi connectivity index (χ3n) is 2.31. The quantitative estimate of drug-likeness (QED) is 0.629. The van der Waals surface area contributed by atoms with Crippen LogP contribution in [0.5, 0.6) is 0 Å². The topological polar surface area (TPSA) is 45.8 Å². The lowest BCUT2D eigenvalue weighted by Crippen LogP contribution is -2.19. The molecule has 0 aliphatic rings. The normalized spacial score (nSPS) is 11.7. The van der Waals surface area contributed by atoms with Crippen LogP contribution < -0.4 is 5.56 Å². The molecule has 0 radical (unpaired) electrons. The van der Waals surface area contributed by atoms with E-state index in [-0.39, 0.29) is 4.47 Å². The number of hydrogen-bond donors (Lipinski definition) is 1. The van der Waals surface area contributed by atoms with E-state index < -0.39 is 40.5 Å². The minimum atomic E-state index is -4.94. The third-order valence-corrected chi connectivity index (χ3v) is 2.92. The van der Waals surface area contributed by atoms with Gasteiger partial charge in [0.25, 0.3) is 5.56 Å². The van der Waals surface area contributed by atoms with Crippen LogP contribution in [-0.2, 0) is 6.18 Å². The van der Waals surface area contributed by atoms with E-state index in [1.54, 1.807) is 0 Å². The van der Waals surface area contributed by atoms with E-state index in [0.717, 1.165) is 12.1 Å². The predicted molar refractivity (Wildman–Crippen MR) is 62.9 cm³/mol. The maximum Gasteiger partial charge on any atom is 0.449 e. The summed E-state index contributed by atoms with van der Waals surface area (Å²) in [5, 5.41) is 0. The van der Waals surface area contributed by atoms with Gasteiger partial charge in [0.05, 0.1) is 15.7 Å². The summed E-state index contributed by atoms with van der Waals surface area (Å²) in [6, 6.07) is 2.48. The average Bonchev–Trinajstić information content (AvgIpc) is 2.33. The molecule has 9 heteroatoms. The first kappa shape index (κ1) is 14.6. The standard InChI is InChI=1S/C11H4BrF5N2O/c12-4-1-2-5(13)8(9(4)14)6-3-7(20)19-10(18-6)11(15,16)17/h1-3H,(H,18,19,20). The highest BCUT2D eigenvalue weighted by Crippen LogP contribution is 2.31. The van der Waals surface area contributed by atoms with Crippen molar-refractivity contribution < 1.29 is 22.0 Å². The van der Waals surface area contributed by atoms with Crippen molar-refractivity contribution in [2.75, 3.05) is 0 Å². The van der Waals surface area contributed by atoms with Gasteiger partial charge in [-0.3, -0.25) is 4.79 Å². The average molecular weight is 355 g/mol. The van der Waals surface area contributed by atoms with Gasteiger partial charge in [-0.05, 0) is 28.1 Å². The maximum atomic E-state index is 13.8. The molecule has 0 atom stereocenters. The second-order valence-corrected chi connectivity index (χ2v) is 4.55. The molecule has 0 unspecified atom stereocenters. The Balaban J connectivity index is 2.75. The van der Waals surface area contributed by atoms with Crippen molar-refractivity contribution in [1.29, 1.82) is 0 Å². The van der Waals surface area contributed by atoms with E-state index in [2.05, 4.69) is 20.9 Å². The summed E-state index contributed by atoms with van der Waals surface area (Å²) in [4.78, 5) is 15.7. The molecule has 1 aromatic carbocycles. The summed E-state index contributed by atoms with van der Waals surface area (Å²) in [5.41, 5.74) is -2.71. The van der Waals surface area contributed by atoms with Crippen LogP contribution >= 0.6 is 15.9 Å². The van der Waals surface area contributed by atoms with Crippen molar-refractivity contribution in [2.24, 2.45) is 0 Å². The van der Waals surface area contributed by atoms with Crippen LogP contribution in [0.15, 0.2) is 27.5 Å². The molecule has 0 saturated carbocycles. The molecule has 3 nitrogen and oxygen atoms in total. The second kappa shape index (κ2) is 4.97. The van der Waals surface area contributed by atoms with Gasteiger partial charge in [-0.15, -0.1) is 0 Å². The van der Waals surface area contributed by atoms with Crippen molar-refractivity contribution in [3.8, 4) is 11.3 Å². The first-order valence-corrected chi connectivity index (χ1v) is 5.82. The van der Waals surface area contributed by atoms with Crippen molar-refractivity contribution in [3.63, 3.8) is 0 Å². The highest BCUT2D eigenvalue weighted by molar-refractivity contribution is 9.10. The number of aromatic nitrogens is 2. The largest absolute Gasteiger partial charge is 0.449 e. The molecule has 1 aromatic heterocycles. The summed E-state index contributed by atoms with van der Waals surface area (Å²) in [6.07, 6.45) is -4.94. The van der Waals surface area contributed by atoms with Gasteiger partial charge in [-0.25, -0.2) is 13.8 Å². The Labute approximate surface area is 116 Å². The number of H-pyrrole nitrogens is 1. The summed E-state index contributed by atoms with van der Waals surface area (Å²) in [7, 11) is 0. The number of halogens is 6. The Morgan fingerprint density at radius 3 is 2.45 bits per heavy atom. The smallest absolute Gasteiger partial charge is 0.303 e. The lowest BCUT2D eigenvalue weighted by molar-refractivity contribution is -0.145. The van der Waals surface area contributed by atoms with Crippen LogP contribution in [0.25, 0.3) is 11.3 Å². The third kappa shape index (κ3) is 2.72. The van der Waals surface area contributed by atoms with E-state index in [1.807, 2.05) is 0 Å². The van der Waals surface area contributed by atoms with E-state index >= 15 is 0 Å². The molecule has 0 fully saturated rings. The molecule has 0 saturated heterocycles. The van der Waals surface area contributed by atoms with Crippen molar-refractivity contribution in [2.45, 2.75) is 6.18 Å². The zero-order valence-corrected chi connectivity index (χ0v) is 10.9. The molecule has 2 rings (SSSR count). The van der Waals surface area contributed by atoms with Crippen LogP contribution in [0, 0.1) is 11.6 Å². The van der Waals surface area contributed by atoms with Gasteiger partial charge in [-0.2, -0.15) is 13.2 Å². The lowest BCUT2D eigenvalue weighted by Gasteiger charge is -2.09. The second-order valence-electron chi connectivity index (χ2n) is 3.70. The van der Waals surface area contributed by atoms with Crippen LogP contribution in [0.1, 0.15) is 5.82 Å². The molecule has 2 aromatic rings. The number of aromatic amines is 1. The fraction of sp³-hybridized carbons (Fsp3) is 0.0909. The summed E-state index contributed by atoms with van der Waals surface area (Å²) >= 11 is 2.78. The zero-order valence-electron chi connectivity index (χ0n) is 9.36. The number of nitrogens with zero attached hydrogens (tertiary/aromatic N) is 1. The number of nitrogens with one attached hydrogen (secondary N) is 1. The molecule has 1 heterocycles. The van der Waals surface area contributed by atoms with E-state index in [1.165, 1.54) is 4.98 Å². The zero-order chi connectivity index (χ0) is 15.1. The molecule has 0 amide bonds. The van der Waals surface area contributed by atoms with Gasteiger partial charge in [0.1, 0.15) is 11.6 Å². The van der Waals surface area contributed by atoms with Gasteiger partial charge >= 0.3 is 6.18 Å². The molecule has 20 heavy (non-hydrogen) atoms. The maximum absolute atomic E-state index is 13.8. The van der Waals surface area contributed by atoms with Crippen LogP contribution in [0.3, 0.4) is 0 Å². The predicted octanol–water partition coefficient (Wildman–Crippen LogP) is 3.50. The number of benzene rings is 1. The number of rotatable bonds is 1. The van der Waals surface area contributed by atoms with Gasteiger partial charge in [-0.1, -0.05) is 0 Å². The van der Waals surface area contributed by atoms with E-state index in [9.17, 15) is 26.7 Å². The Bertz CT molecular complexity index is 726. The first-order valence-electron chi connectivity index (χ1n) is 5.02. The minimum Gasteiger partial charge on any atom is -0.303 e. The molecule has 0 bridgehead atoms. The molecular formula is C11H4BrF5N2O. The van der Waals surface area contributed by atoms with Gasteiger partial charge in [0, 0.05) is 6.07 Å². The first-order chi connectivity index (χ1) is 9.20. The lowest BCUT2D eigenvalue weighted by atomic mass is 10.1. The molecule has 106 valence electrons. The Kier molecular flexibility index (Phi) is 3.63. The fourth-order valence-corrected chi connectivity index (χ4v) is 1.81. The van der Waals surface area contributed by atoms with Crippen LogP contribution in [-0.4, -0.2) is 9.97 Å². The van der Waals surface area contributed by atoms with Crippen molar-refractivity contribution in [1.82, 2.24) is 9.97 Å². The van der Waals surface area contributed by atoms with Crippen molar-refractivity contribution in [3.05, 3.63) is 50.5 Å². The Morgan fingerprint density at radius 1 is 1.20 bits per heavy atom. The molecule has 0 aliphatic carbocycles. The van der Waals surface area contributed by atoms with Gasteiger partial charge in [0.15, 0.2) is 0 Å². The highest BCUT2D eigenvalue weighted by Gasteiger charge is 2.35. The Hall–Kier alpha value is -1.77. The highest BCUT2D eigenvalue weighted by atomic mass is 79.9. The SMILES string of the molecule is O=c1cc(-c2c(F)ccc(Br)c2F)nc(C(F)(F)F)[nH]1. The van der Waals surface area contributed by atoms with E-state index in [0.29, 0.717) is 6.07 Å². The van der Waals surface area contributed by atoms with Crippen LogP contribution in [0.2, 0.25) is 0 Å². The summed E-state index contributed by atoms with van der Waals surface area (Å²) in [6.45, 7) is 0. The van der Waals surface area contributed by atoms with Crippen LogP contribution in [0.4, 0.5) is 22.0 Å².